The van der Waals surface area contributed by atoms with Crippen molar-refractivity contribution in [3.05, 3.63) is 66.4 Å². The van der Waals surface area contributed by atoms with Crippen LogP contribution in [0.1, 0.15) is 0 Å². The average Bonchev–Trinajstić information content (AvgIpc) is 3.52. The Morgan fingerprint density at radius 2 is 1.90 bits per heavy atom. The normalized spacial score (nSPS) is 11.4. The number of aromatic nitrogens is 7. The summed E-state index contributed by atoms with van der Waals surface area (Å²) >= 11 is 1.68. The Morgan fingerprint density at radius 3 is 2.76 bits per heavy atom. The minimum Gasteiger partial charge on any atom is -0.321 e. The van der Waals surface area contributed by atoms with Crippen molar-refractivity contribution in [2.75, 3.05) is 0 Å². The second-order valence-electron chi connectivity index (χ2n) is 6.53. The van der Waals surface area contributed by atoms with Gasteiger partial charge in [0, 0.05) is 34.6 Å². The van der Waals surface area contributed by atoms with Gasteiger partial charge in [-0.3, -0.25) is 10.1 Å². The topological polar surface area (TPSA) is 96.0 Å². The molecule has 0 saturated heterocycles. The summed E-state index contributed by atoms with van der Waals surface area (Å²) in [5.41, 5.74) is 6.66. The number of thiophene rings is 1. The Hall–Kier alpha value is -3.91. The van der Waals surface area contributed by atoms with Crippen LogP contribution in [0.3, 0.4) is 0 Å². The molecule has 6 heterocycles. The largest absolute Gasteiger partial charge is 0.321 e. The predicted molar refractivity (Wildman–Crippen MR) is 113 cm³/mol. The molecule has 0 atom stereocenters. The van der Waals surface area contributed by atoms with E-state index in [0.717, 1.165) is 43.9 Å². The first kappa shape index (κ1) is 16.1. The van der Waals surface area contributed by atoms with Gasteiger partial charge in [0.1, 0.15) is 11.0 Å². The monoisotopic (exact) mass is 395 g/mol. The molecule has 0 aliphatic rings. The van der Waals surface area contributed by atoms with Gasteiger partial charge in [0.2, 0.25) is 0 Å². The van der Waals surface area contributed by atoms with E-state index in [9.17, 15) is 0 Å². The number of aromatic amines is 2. The van der Waals surface area contributed by atoms with Crippen molar-refractivity contribution in [1.29, 1.82) is 0 Å². The molecule has 0 unspecified atom stereocenters. The summed E-state index contributed by atoms with van der Waals surface area (Å²) < 4.78 is 0. The van der Waals surface area contributed by atoms with Gasteiger partial charge in [0.05, 0.1) is 11.2 Å². The quantitative estimate of drug-likeness (QED) is 0.453. The van der Waals surface area contributed by atoms with Gasteiger partial charge in [-0.05, 0) is 41.8 Å². The lowest BCUT2D eigenvalue weighted by Gasteiger charge is -2.00. The molecule has 6 rings (SSSR count). The molecule has 7 nitrogen and oxygen atoms in total. The Morgan fingerprint density at radius 1 is 0.897 bits per heavy atom. The van der Waals surface area contributed by atoms with Crippen LogP contribution in [0.5, 0.6) is 0 Å². The number of hydrogen-bond donors (Lipinski definition) is 2. The molecule has 29 heavy (non-hydrogen) atoms. The molecule has 8 heteroatoms. The van der Waals surface area contributed by atoms with Crippen molar-refractivity contribution in [2.45, 2.75) is 0 Å². The van der Waals surface area contributed by atoms with Crippen LogP contribution in [-0.2, 0) is 0 Å². The second kappa shape index (κ2) is 6.32. The van der Waals surface area contributed by atoms with Crippen LogP contribution in [-0.4, -0.2) is 35.1 Å². The van der Waals surface area contributed by atoms with E-state index in [1.54, 1.807) is 29.9 Å². The third-order valence-electron chi connectivity index (χ3n) is 4.76. The van der Waals surface area contributed by atoms with Crippen LogP contribution in [0.4, 0.5) is 0 Å². The third kappa shape index (κ3) is 2.61. The van der Waals surface area contributed by atoms with E-state index >= 15 is 0 Å². The fourth-order valence-corrected chi connectivity index (χ4v) is 4.14. The molecule has 0 fully saturated rings. The zero-order chi connectivity index (χ0) is 19.2. The Labute approximate surface area is 168 Å². The van der Waals surface area contributed by atoms with Crippen LogP contribution in [0, 0.1) is 0 Å². The predicted octanol–water partition coefficient (Wildman–Crippen LogP) is 4.69. The maximum absolute atomic E-state index is 4.82. The van der Waals surface area contributed by atoms with Gasteiger partial charge in [0.15, 0.2) is 17.2 Å². The van der Waals surface area contributed by atoms with Crippen LogP contribution < -0.4 is 0 Å². The first-order chi connectivity index (χ1) is 14.4. The van der Waals surface area contributed by atoms with E-state index in [-0.39, 0.29) is 0 Å². The lowest BCUT2D eigenvalue weighted by molar-refractivity contribution is 1.10. The van der Waals surface area contributed by atoms with Gasteiger partial charge < -0.3 is 4.98 Å². The first-order valence-electron chi connectivity index (χ1n) is 9.01. The minimum atomic E-state index is 0.638. The number of imidazole rings is 1. The molecular formula is C21H13N7S. The molecule has 0 saturated carbocycles. The molecule has 6 aromatic heterocycles. The fraction of sp³-hybridized carbons (Fsp3) is 0. The van der Waals surface area contributed by atoms with Crippen molar-refractivity contribution in [1.82, 2.24) is 35.1 Å². The number of nitrogens with one attached hydrogen (secondary N) is 2. The van der Waals surface area contributed by atoms with Gasteiger partial charge in [-0.25, -0.2) is 15.0 Å². The summed E-state index contributed by atoms with van der Waals surface area (Å²) in [6.07, 6.45) is 5.34. The molecule has 138 valence electrons. The summed E-state index contributed by atoms with van der Waals surface area (Å²) in [7, 11) is 0. The molecule has 0 aliphatic heterocycles. The highest BCUT2D eigenvalue weighted by Crippen LogP contribution is 2.32. The molecule has 0 aliphatic carbocycles. The molecule has 0 spiro atoms. The first-order valence-corrected chi connectivity index (χ1v) is 9.89. The van der Waals surface area contributed by atoms with Crippen LogP contribution >= 0.6 is 11.3 Å². The highest BCUT2D eigenvalue weighted by molar-refractivity contribution is 7.13. The highest BCUT2D eigenvalue weighted by Gasteiger charge is 2.17. The Balaban J connectivity index is 1.53. The Bertz CT molecular complexity index is 1450. The number of H-pyrrole nitrogens is 2. The molecule has 6 aromatic rings. The standard InChI is InChI=1S/C21H13N7S/c1-3-12(11-22-8-1)14-5-6-15-18(24-14)19(28-27-15)21-25-17-13(16-4-2-10-29-16)7-9-23-20(17)26-21/h1-11H,(H,27,28)(H,23,25,26). The SMILES string of the molecule is c1cncc(-c2ccc3[nH]nc(-c4nc5c(-c6cccs6)ccnc5[nH]4)c3n2)c1. The lowest BCUT2D eigenvalue weighted by Crippen LogP contribution is -1.87. The summed E-state index contributed by atoms with van der Waals surface area (Å²) in [6.45, 7) is 0. The van der Waals surface area contributed by atoms with Gasteiger partial charge in [-0.2, -0.15) is 5.10 Å². The zero-order valence-corrected chi connectivity index (χ0v) is 15.8. The molecule has 0 radical (unpaired) electrons. The molecule has 2 N–H and O–H groups in total. The van der Waals surface area contributed by atoms with E-state index in [2.05, 4.69) is 36.6 Å². The summed E-state index contributed by atoms with van der Waals surface area (Å²) in [5, 5.41) is 9.57. The van der Waals surface area contributed by atoms with Gasteiger partial charge >= 0.3 is 0 Å². The smallest absolute Gasteiger partial charge is 0.162 e. The van der Waals surface area contributed by atoms with Gasteiger partial charge in [0.25, 0.3) is 0 Å². The summed E-state index contributed by atoms with van der Waals surface area (Å²) in [4.78, 5) is 22.7. The Kier molecular flexibility index (Phi) is 3.50. The summed E-state index contributed by atoms with van der Waals surface area (Å²) in [6, 6.07) is 13.9. The van der Waals surface area contributed by atoms with Crippen molar-refractivity contribution in [3.63, 3.8) is 0 Å². The summed E-state index contributed by atoms with van der Waals surface area (Å²) in [5.74, 6) is 0.638. The van der Waals surface area contributed by atoms with Crippen molar-refractivity contribution in [2.24, 2.45) is 0 Å². The maximum Gasteiger partial charge on any atom is 0.162 e. The zero-order valence-electron chi connectivity index (χ0n) is 15.0. The van der Waals surface area contributed by atoms with Gasteiger partial charge in [-0.1, -0.05) is 6.07 Å². The van der Waals surface area contributed by atoms with Crippen LogP contribution in [0.2, 0.25) is 0 Å². The minimum absolute atomic E-state index is 0.638. The van der Waals surface area contributed by atoms with E-state index in [0.29, 0.717) is 11.5 Å². The van der Waals surface area contributed by atoms with Crippen LogP contribution in [0.15, 0.2) is 66.4 Å². The van der Waals surface area contributed by atoms with E-state index in [4.69, 9.17) is 9.97 Å². The van der Waals surface area contributed by atoms with E-state index < -0.39 is 0 Å². The number of nitrogens with zero attached hydrogens (tertiary/aromatic N) is 5. The number of pyridine rings is 3. The maximum atomic E-state index is 4.82. The lowest BCUT2D eigenvalue weighted by atomic mass is 10.2. The molecule has 0 bridgehead atoms. The third-order valence-corrected chi connectivity index (χ3v) is 5.66. The average molecular weight is 395 g/mol. The number of hydrogen-bond acceptors (Lipinski definition) is 6. The van der Waals surface area contributed by atoms with E-state index in [1.165, 1.54) is 0 Å². The van der Waals surface area contributed by atoms with Crippen molar-refractivity contribution < 1.29 is 0 Å². The van der Waals surface area contributed by atoms with Crippen molar-refractivity contribution >= 4 is 33.5 Å². The second-order valence-corrected chi connectivity index (χ2v) is 7.47. The fourth-order valence-electron chi connectivity index (χ4n) is 3.39. The molecular weight excluding hydrogens is 382 g/mol. The highest BCUT2D eigenvalue weighted by atomic mass is 32.1. The van der Waals surface area contributed by atoms with E-state index in [1.807, 2.05) is 36.4 Å². The molecule has 0 amide bonds. The van der Waals surface area contributed by atoms with Crippen molar-refractivity contribution in [3.8, 4) is 33.2 Å². The van der Waals surface area contributed by atoms with Gasteiger partial charge in [-0.15, -0.1) is 11.3 Å². The number of fused-ring (bicyclic) bond motifs is 2. The van der Waals surface area contributed by atoms with Crippen LogP contribution in [0.25, 0.3) is 55.4 Å². The molecule has 0 aromatic carbocycles. The number of rotatable bonds is 3.